The molecule has 2 atom stereocenters. The van der Waals surface area contributed by atoms with Crippen LogP contribution in [-0.2, 0) is 13.0 Å². The van der Waals surface area contributed by atoms with Gasteiger partial charge in [-0.15, -0.1) is 0 Å². The van der Waals surface area contributed by atoms with Gasteiger partial charge in [-0.1, -0.05) is 26.8 Å². The highest BCUT2D eigenvalue weighted by atomic mass is 15.2. The molecule has 0 bridgehead atoms. The van der Waals surface area contributed by atoms with Gasteiger partial charge in [0.2, 0.25) is 0 Å². The van der Waals surface area contributed by atoms with Crippen molar-refractivity contribution in [3.63, 3.8) is 0 Å². The van der Waals surface area contributed by atoms with Crippen LogP contribution >= 0.6 is 0 Å². The Hall–Kier alpha value is -0.930. The van der Waals surface area contributed by atoms with Gasteiger partial charge in [-0.05, 0) is 43.4 Å². The van der Waals surface area contributed by atoms with E-state index in [0.717, 1.165) is 25.4 Å². The maximum Gasteiger partial charge on any atom is 0.0575 e. The smallest absolute Gasteiger partial charge is 0.0575 e. The molecule has 0 aromatic carbocycles. The highest BCUT2D eigenvalue weighted by molar-refractivity contribution is 5.19. The Morgan fingerprint density at radius 3 is 2.95 bits per heavy atom. The minimum atomic E-state index is 0.695. The average Bonchev–Trinajstić information content (AvgIpc) is 2.47. The van der Waals surface area contributed by atoms with E-state index in [1.807, 2.05) is 12.3 Å². The van der Waals surface area contributed by atoms with E-state index in [1.165, 1.54) is 37.2 Å². The average molecular weight is 275 g/mol. The summed E-state index contributed by atoms with van der Waals surface area (Å²) in [5.74, 6) is 0.726. The van der Waals surface area contributed by atoms with Crippen LogP contribution in [-0.4, -0.2) is 35.6 Å². The molecule has 1 aliphatic rings. The van der Waals surface area contributed by atoms with E-state index in [0.29, 0.717) is 6.04 Å². The molecule has 2 heterocycles. The highest BCUT2D eigenvalue weighted by Gasteiger charge is 2.25. The van der Waals surface area contributed by atoms with Crippen LogP contribution in [0.25, 0.3) is 0 Å². The molecule has 3 nitrogen and oxygen atoms in total. The largest absolute Gasteiger partial charge is 0.314 e. The molecule has 3 heteroatoms. The second kappa shape index (κ2) is 7.75. The first-order chi connectivity index (χ1) is 9.74. The van der Waals surface area contributed by atoms with Crippen molar-refractivity contribution in [3.05, 3.63) is 29.6 Å². The van der Waals surface area contributed by atoms with Crippen molar-refractivity contribution in [2.45, 2.75) is 52.6 Å². The quantitative estimate of drug-likeness (QED) is 0.865. The van der Waals surface area contributed by atoms with Gasteiger partial charge in [0.15, 0.2) is 0 Å². The number of pyridine rings is 1. The predicted molar refractivity (Wildman–Crippen MR) is 84.8 cm³/mol. The molecule has 0 aliphatic carbocycles. The van der Waals surface area contributed by atoms with Crippen LogP contribution in [0.5, 0.6) is 0 Å². The Balaban J connectivity index is 1.89. The fourth-order valence-electron chi connectivity index (χ4n) is 3.16. The van der Waals surface area contributed by atoms with Crippen molar-refractivity contribution in [1.29, 1.82) is 0 Å². The second-order valence-electron chi connectivity index (χ2n) is 6.02. The van der Waals surface area contributed by atoms with Crippen molar-refractivity contribution in [3.8, 4) is 0 Å². The lowest BCUT2D eigenvalue weighted by molar-refractivity contribution is 0.139. The number of aromatic nitrogens is 1. The maximum absolute atomic E-state index is 4.58. The maximum atomic E-state index is 4.58. The minimum Gasteiger partial charge on any atom is -0.314 e. The summed E-state index contributed by atoms with van der Waals surface area (Å²) in [6.07, 6.45) is 5.48. The van der Waals surface area contributed by atoms with Gasteiger partial charge in [0.25, 0.3) is 0 Å². The lowest BCUT2D eigenvalue weighted by atomic mass is 9.93. The summed E-state index contributed by atoms with van der Waals surface area (Å²) in [4.78, 5) is 7.15. The Morgan fingerprint density at radius 2 is 2.25 bits per heavy atom. The fraction of sp³-hybridized carbons (Fsp3) is 0.706. The van der Waals surface area contributed by atoms with Crippen LogP contribution in [0.2, 0.25) is 0 Å². The number of likely N-dealkylation sites (tertiary alicyclic amines) is 1. The Labute approximate surface area is 123 Å². The molecule has 1 saturated heterocycles. The van der Waals surface area contributed by atoms with Crippen LogP contribution in [0.15, 0.2) is 18.3 Å². The molecule has 1 N–H and O–H groups in total. The van der Waals surface area contributed by atoms with E-state index in [4.69, 9.17) is 0 Å². The summed E-state index contributed by atoms with van der Waals surface area (Å²) in [5, 5.41) is 3.69. The molecular formula is C17H29N3. The van der Waals surface area contributed by atoms with Gasteiger partial charge >= 0.3 is 0 Å². The standard InChI is InChI=1S/C17H29N3/c1-4-9-18-16-8-11-20(12-14(16)3)13-17-15(5-2)7-6-10-19-17/h6-7,10,14,16,18H,4-5,8-9,11-13H2,1-3H3. The SMILES string of the molecule is CCCNC1CCN(Cc2ncccc2CC)CC1C. The van der Waals surface area contributed by atoms with Crippen LogP contribution in [0.1, 0.15) is 44.9 Å². The van der Waals surface area contributed by atoms with E-state index in [1.54, 1.807) is 0 Å². The van der Waals surface area contributed by atoms with Crippen LogP contribution in [0.4, 0.5) is 0 Å². The molecule has 0 saturated carbocycles. The summed E-state index contributed by atoms with van der Waals surface area (Å²) >= 11 is 0. The second-order valence-corrected chi connectivity index (χ2v) is 6.02. The Morgan fingerprint density at radius 1 is 1.40 bits per heavy atom. The minimum absolute atomic E-state index is 0.695. The number of aryl methyl sites for hydroxylation is 1. The molecule has 1 aliphatic heterocycles. The number of nitrogens with one attached hydrogen (secondary N) is 1. The van der Waals surface area contributed by atoms with Crippen molar-refractivity contribution in [2.24, 2.45) is 5.92 Å². The van der Waals surface area contributed by atoms with Gasteiger partial charge < -0.3 is 5.32 Å². The molecule has 1 aromatic rings. The van der Waals surface area contributed by atoms with E-state index < -0.39 is 0 Å². The number of hydrogen-bond acceptors (Lipinski definition) is 3. The van der Waals surface area contributed by atoms with E-state index >= 15 is 0 Å². The molecule has 112 valence electrons. The summed E-state index contributed by atoms with van der Waals surface area (Å²) in [6, 6.07) is 4.95. The molecule has 0 spiro atoms. The lowest BCUT2D eigenvalue weighted by Crippen LogP contribution is -2.48. The topological polar surface area (TPSA) is 28.2 Å². The van der Waals surface area contributed by atoms with Gasteiger partial charge in [0.1, 0.15) is 0 Å². The molecule has 0 radical (unpaired) electrons. The van der Waals surface area contributed by atoms with Crippen molar-refractivity contribution >= 4 is 0 Å². The third-order valence-electron chi connectivity index (χ3n) is 4.38. The lowest BCUT2D eigenvalue weighted by Gasteiger charge is -2.37. The first kappa shape index (κ1) is 15.5. The third-order valence-corrected chi connectivity index (χ3v) is 4.38. The molecule has 2 unspecified atom stereocenters. The zero-order valence-electron chi connectivity index (χ0n) is 13.2. The number of rotatable bonds is 6. The van der Waals surface area contributed by atoms with Gasteiger partial charge in [0, 0.05) is 31.9 Å². The zero-order chi connectivity index (χ0) is 14.4. The van der Waals surface area contributed by atoms with Crippen molar-refractivity contribution < 1.29 is 0 Å². The Bertz CT molecular complexity index is 405. The summed E-state index contributed by atoms with van der Waals surface area (Å²) < 4.78 is 0. The highest BCUT2D eigenvalue weighted by Crippen LogP contribution is 2.19. The van der Waals surface area contributed by atoms with Crippen molar-refractivity contribution in [1.82, 2.24) is 15.2 Å². The van der Waals surface area contributed by atoms with E-state index in [2.05, 4.69) is 42.0 Å². The Kier molecular flexibility index (Phi) is 5.99. The summed E-state index contributed by atoms with van der Waals surface area (Å²) in [7, 11) is 0. The molecule has 2 rings (SSSR count). The van der Waals surface area contributed by atoms with E-state index in [-0.39, 0.29) is 0 Å². The molecule has 20 heavy (non-hydrogen) atoms. The number of hydrogen-bond donors (Lipinski definition) is 1. The monoisotopic (exact) mass is 275 g/mol. The molecule has 1 fully saturated rings. The first-order valence-electron chi connectivity index (χ1n) is 8.13. The normalized spacial score (nSPS) is 23.9. The van der Waals surface area contributed by atoms with Gasteiger partial charge in [0.05, 0.1) is 5.69 Å². The zero-order valence-corrected chi connectivity index (χ0v) is 13.2. The first-order valence-corrected chi connectivity index (χ1v) is 8.13. The van der Waals surface area contributed by atoms with Crippen molar-refractivity contribution in [2.75, 3.05) is 19.6 Å². The molecule has 1 aromatic heterocycles. The summed E-state index contributed by atoms with van der Waals surface area (Å²) in [5.41, 5.74) is 2.66. The fourth-order valence-corrected chi connectivity index (χ4v) is 3.16. The molecular weight excluding hydrogens is 246 g/mol. The van der Waals surface area contributed by atoms with Gasteiger partial charge in [-0.3, -0.25) is 9.88 Å². The molecule has 0 amide bonds. The van der Waals surface area contributed by atoms with Crippen LogP contribution in [0, 0.1) is 5.92 Å². The predicted octanol–water partition coefficient (Wildman–Crippen LogP) is 2.85. The van der Waals surface area contributed by atoms with Crippen LogP contribution < -0.4 is 5.32 Å². The van der Waals surface area contributed by atoms with Gasteiger partial charge in [-0.25, -0.2) is 0 Å². The van der Waals surface area contributed by atoms with Crippen LogP contribution in [0.3, 0.4) is 0 Å². The number of piperidine rings is 1. The number of nitrogens with zero attached hydrogens (tertiary/aromatic N) is 2. The summed E-state index contributed by atoms with van der Waals surface area (Å²) in [6.45, 7) is 11.3. The van der Waals surface area contributed by atoms with Gasteiger partial charge in [-0.2, -0.15) is 0 Å². The van der Waals surface area contributed by atoms with E-state index in [9.17, 15) is 0 Å². The third kappa shape index (κ3) is 4.03.